The van der Waals surface area contributed by atoms with Gasteiger partial charge in [0.15, 0.2) is 16.6 Å². The fourth-order valence-corrected chi connectivity index (χ4v) is 5.98. The van der Waals surface area contributed by atoms with Crippen molar-refractivity contribution in [3.05, 3.63) is 59.7 Å². The number of hydrogen-bond acceptors (Lipinski definition) is 4. The summed E-state index contributed by atoms with van der Waals surface area (Å²) in [5.41, 5.74) is 2.55. The van der Waals surface area contributed by atoms with Crippen LogP contribution in [0, 0.1) is 0 Å². The monoisotopic (exact) mass is 674 g/mol. The number of unbranched alkanes of at least 4 members (excludes halogenated alkanes) is 6. The predicted molar refractivity (Wildman–Crippen MR) is 187 cm³/mol. The maximum Gasteiger partial charge on any atom is 0.191 e. The molecule has 0 aliphatic carbocycles. The summed E-state index contributed by atoms with van der Waals surface area (Å²) in [7, 11) is -3.08. The Morgan fingerprint density at radius 3 is 1.33 bits per heavy atom. The first-order chi connectivity index (χ1) is 19.7. The van der Waals surface area contributed by atoms with E-state index in [1.807, 2.05) is 0 Å². The van der Waals surface area contributed by atoms with Gasteiger partial charge in [-0.3, -0.25) is 0 Å². The van der Waals surface area contributed by atoms with Gasteiger partial charge in [0.25, 0.3) is 0 Å². The van der Waals surface area contributed by atoms with Crippen LogP contribution in [0.25, 0.3) is 0 Å². The molecule has 0 aromatic heterocycles. The third-order valence-corrected chi connectivity index (χ3v) is 18.0. The van der Waals surface area contributed by atoms with Crippen molar-refractivity contribution in [2.45, 2.75) is 142 Å². The van der Waals surface area contributed by atoms with E-state index in [-0.39, 0.29) is 17.1 Å². The van der Waals surface area contributed by atoms with Crippen molar-refractivity contribution in [2.24, 2.45) is 0 Å². The van der Waals surface area contributed by atoms with Gasteiger partial charge in [0, 0.05) is 50.1 Å². The van der Waals surface area contributed by atoms with Gasteiger partial charge in [-0.05, 0) is 61.9 Å². The van der Waals surface area contributed by atoms with Crippen LogP contribution in [0.4, 0.5) is 0 Å². The van der Waals surface area contributed by atoms with Gasteiger partial charge in [-0.15, -0.1) is 12.2 Å². The Balaban J connectivity index is 0.000000802. The van der Waals surface area contributed by atoms with Gasteiger partial charge in [-0.1, -0.05) is 67.2 Å². The number of ether oxygens (including phenoxy) is 2. The van der Waals surface area contributed by atoms with Crippen molar-refractivity contribution in [2.75, 3.05) is 26.4 Å². The Morgan fingerprint density at radius 1 is 0.558 bits per heavy atom. The average Bonchev–Trinajstić information content (AvgIpc) is 3.60. The molecule has 2 rings (SSSR count). The second-order valence-electron chi connectivity index (χ2n) is 14.7. The molecule has 0 heterocycles. The molecule has 0 spiro atoms. The summed E-state index contributed by atoms with van der Waals surface area (Å²) < 4.78 is 23.7. The SMILES string of the molecule is CC(C)(C)[Si](C)(C)OCCCCCCOC[c-]1[cH-][cH-][cH-][cH-]1.CC(C)(C)[Si](C)(C)OCCCCCCOC[c-]1cccc1.[Fe]. The molecule has 0 saturated heterocycles. The molecule has 0 radical (unpaired) electrons. The molecule has 0 aliphatic rings. The summed E-state index contributed by atoms with van der Waals surface area (Å²) >= 11 is 0. The van der Waals surface area contributed by atoms with Gasteiger partial charge in [0.1, 0.15) is 0 Å². The van der Waals surface area contributed by atoms with E-state index in [1.165, 1.54) is 49.7 Å². The molecule has 256 valence electrons. The first-order valence-electron chi connectivity index (χ1n) is 16.5. The Hall–Kier alpha value is -0.507. The normalized spacial score (nSPS) is 12.5. The largest absolute Gasteiger partial charge is 0.747 e. The Labute approximate surface area is 279 Å². The van der Waals surface area contributed by atoms with Crippen LogP contribution in [0.5, 0.6) is 0 Å². The van der Waals surface area contributed by atoms with E-state index >= 15 is 0 Å². The van der Waals surface area contributed by atoms with Crippen molar-refractivity contribution >= 4 is 16.6 Å². The Kier molecular flexibility index (Phi) is 21.8. The van der Waals surface area contributed by atoms with Crippen LogP contribution in [0.15, 0.2) is 48.5 Å². The zero-order valence-corrected chi connectivity index (χ0v) is 32.6. The molecule has 0 unspecified atom stereocenters. The predicted octanol–water partition coefficient (Wildman–Crippen LogP) is 11.0. The molecule has 0 atom stereocenters. The Morgan fingerprint density at radius 2 is 0.930 bits per heavy atom. The van der Waals surface area contributed by atoms with E-state index in [0.29, 0.717) is 10.1 Å². The molecule has 0 fully saturated rings. The second kappa shape index (κ2) is 22.1. The third-order valence-electron chi connectivity index (χ3n) is 8.91. The quantitative estimate of drug-likeness (QED) is 0.0796. The summed E-state index contributed by atoms with van der Waals surface area (Å²) in [4.78, 5) is 0. The molecule has 0 N–H and O–H groups in total. The van der Waals surface area contributed by atoms with E-state index in [9.17, 15) is 0 Å². The van der Waals surface area contributed by atoms with Gasteiger partial charge in [0.05, 0.1) is 0 Å². The summed E-state index contributed by atoms with van der Waals surface area (Å²) in [5.74, 6) is 0. The van der Waals surface area contributed by atoms with Gasteiger partial charge in [-0.25, -0.2) is 12.1 Å². The van der Waals surface area contributed by atoms with Gasteiger partial charge in [-0.2, -0.15) is 12.1 Å². The van der Waals surface area contributed by atoms with Crippen LogP contribution in [0.1, 0.15) is 104 Å². The van der Waals surface area contributed by atoms with Crippen LogP contribution in [0.3, 0.4) is 0 Å². The molecular formula is C36H66FeO4Si2-6. The summed E-state index contributed by atoms with van der Waals surface area (Å²) in [6.07, 6.45) is 9.62. The average molecular weight is 675 g/mol. The molecule has 0 aliphatic heterocycles. The van der Waals surface area contributed by atoms with E-state index in [0.717, 1.165) is 52.5 Å². The third kappa shape index (κ3) is 19.6. The van der Waals surface area contributed by atoms with Crippen molar-refractivity contribution in [3.8, 4) is 0 Å². The van der Waals surface area contributed by atoms with Crippen molar-refractivity contribution in [1.29, 1.82) is 0 Å². The van der Waals surface area contributed by atoms with Gasteiger partial charge in [0.2, 0.25) is 0 Å². The summed E-state index contributed by atoms with van der Waals surface area (Å²) in [6.45, 7) is 28.1. The fourth-order valence-electron chi connectivity index (χ4n) is 3.81. The molecule has 43 heavy (non-hydrogen) atoms. The standard InChI is InChI=1S/2C18H33O2Si.Fe/c2*1-18(2,3)21(4,5)20-15-11-7-6-10-14-19-16-17-12-8-9-13-17;/h2*8-9,12-13H,6-7,10-11,14-16H2,1-5H3;/q-5;-1;. The fraction of sp³-hybridized carbons (Fsp3) is 0.722. The molecule has 2 aromatic rings. The van der Waals surface area contributed by atoms with Gasteiger partial charge < -0.3 is 48.2 Å². The van der Waals surface area contributed by atoms with Gasteiger partial charge >= 0.3 is 0 Å². The molecule has 2 aromatic carbocycles. The number of rotatable bonds is 20. The van der Waals surface area contributed by atoms with Crippen LogP contribution >= 0.6 is 0 Å². The molecule has 0 bridgehead atoms. The molecule has 0 amide bonds. The minimum absolute atomic E-state index is 0. The van der Waals surface area contributed by atoms with E-state index in [2.05, 4.69) is 116 Å². The first-order valence-corrected chi connectivity index (χ1v) is 22.3. The van der Waals surface area contributed by atoms with Crippen LogP contribution < -0.4 is 0 Å². The molecule has 4 nitrogen and oxygen atoms in total. The van der Waals surface area contributed by atoms with Crippen molar-refractivity contribution < 1.29 is 35.4 Å². The van der Waals surface area contributed by atoms with Crippen LogP contribution in [-0.4, -0.2) is 43.1 Å². The van der Waals surface area contributed by atoms with E-state index < -0.39 is 16.6 Å². The maximum atomic E-state index is 6.18. The minimum Gasteiger partial charge on any atom is -0.747 e. The molecule has 0 saturated carbocycles. The van der Waals surface area contributed by atoms with E-state index in [4.69, 9.17) is 18.3 Å². The van der Waals surface area contributed by atoms with Crippen LogP contribution in [-0.2, 0) is 48.6 Å². The number of hydrogen-bond donors (Lipinski definition) is 0. The van der Waals surface area contributed by atoms with Crippen LogP contribution in [0.2, 0.25) is 36.3 Å². The second-order valence-corrected chi connectivity index (χ2v) is 24.4. The molecule has 7 heteroatoms. The Bertz CT molecular complexity index is 807. The van der Waals surface area contributed by atoms with E-state index in [1.54, 1.807) is 0 Å². The minimum atomic E-state index is -1.54. The summed E-state index contributed by atoms with van der Waals surface area (Å²) in [6, 6.07) is 16.7. The topological polar surface area (TPSA) is 36.9 Å². The maximum absolute atomic E-state index is 6.18. The molecular weight excluding hydrogens is 608 g/mol. The van der Waals surface area contributed by atoms with Crippen molar-refractivity contribution in [3.63, 3.8) is 0 Å². The smallest absolute Gasteiger partial charge is 0.191 e. The summed E-state index contributed by atoms with van der Waals surface area (Å²) in [5, 5.41) is 0.642. The first kappa shape index (κ1) is 42.5. The van der Waals surface area contributed by atoms with Crippen molar-refractivity contribution in [1.82, 2.24) is 0 Å². The zero-order valence-electron chi connectivity index (χ0n) is 29.5. The zero-order chi connectivity index (χ0) is 31.5.